The Labute approximate surface area is 174 Å². The summed E-state index contributed by atoms with van der Waals surface area (Å²) in [5.74, 6) is -0.233. The Morgan fingerprint density at radius 3 is 2.40 bits per heavy atom. The molecule has 0 radical (unpaired) electrons. The summed E-state index contributed by atoms with van der Waals surface area (Å²) in [4.78, 5) is 17.4. The molecule has 30 heavy (non-hydrogen) atoms. The molecule has 0 bridgehead atoms. The van der Waals surface area contributed by atoms with Gasteiger partial charge in [-0.2, -0.15) is 0 Å². The van der Waals surface area contributed by atoms with Crippen molar-refractivity contribution < 1.29 is 9.18 Å². The van der Waals surface area contributed by atoms with Crippen molar-refractivity contribution in [2.45, 2.75) is 20.8 Å². The predicted octanol–water partition coefficient (Wildman–Crippen LogP) is 5.25. The number of nitrogens with one attached hydrogen (secondary N) is 1. The molecule has 4 rings (SSSR count). The van der Waals surface area contributed by atoms with Crippen molar-refractivity contribution in [3.8, 4) is 17.1 Å². The minimum absolute atomic E-state index is 0.0403. The van der Waals surface area contributed by atoms with E-state index in [0.717, 1.165) is 22.4 Å². The molecular weight excluding hydrogens is 379 g/mol. The van der Waals surface area contributed by atoms with Crippen LogP contribution in [0.1, 0.15) is 27.3 Å². The van der Waals surface area contributed by atoms with Crippen molar-refractivity contribution in [3.05, 3.63) is 95.1 Å². The lowest BCUT2D eigenvalue weighted by atomic mass is 10.1. The molecule has 1 aromatic heterocycles. The number of hydrogen-bond acceptors (Lipinski definition) is 3. The number of aromatic nitrogens is 3. The molecule has 0 saturated heterocycles. The van der Waals surface area contributed by atoms with Crippen molar-refractivity contribution in [1.29, 1.82) is 0 Å². The third-order valence-electron chi connectivity index (χ3n) is 4.90. The van der Waals surface area contributed by atoms with Crippen LogP contribution in [0, 0.1) is 26.6 Å². The van der Waals surface area contributed by atoms with Gasteiger partial charge in [0.05, 0.1) is 5.69 Å². The maximum atomic E-state index is 13.4. The summed E-state index contributed by atoms with van der Waals surface area (Å²) < 4.78 is 15.1. The third-order valence-corrected chi connectivity index (χ3v) is 4.90. The fourth-order valence-electron chi connectivity index (χ4n) is 3.20. The molecule has 5 nitrogen and oxygen atoms in total. The van der Waals surface area contributed by atoms with Crippen LogP contribution in [0.2, 0.25) is 0 Å². The third kappa shape index (κ3) is 3.85. The lowest BCUT2D eigenvalue weighted by molar-refractivity contribution is 0.101. The predicted molar refractivity (Wildman–Crippen MR) is 115 cm³/mol. The second kappa shape index (κ2) is 7.91. The quantitative estimate of drug-likeness (QED) is 0.509. The molecule has 0 unspecified atom stereocenters. The largest absolute Gasteiger partial charge is 0.319 e. The highest BCUT2D eigenvalue weighted by Gasteiger charge is 2.20. The van der Waals surface area contributed by atoms with Gasteiger partial charge in [0.2, 0.25) is 5.82 Å². The summed E-state index contributed by atoms with van der Waals surface area (Å²) in [6, 6.07) is 19.5. The Hall–Kier alpha value is -3.80. The minimum Gasteiger partial charge on any atom is -0.319 e. The molecule has 0 spiro atoms. The average Bonchev–Trinajstić information content (AvgIpc) is 3.17. The fourth-order valence-corrected chi connectivity index (χ4v) is 3.20. The average molecular weight is 400 g/mol. The second-order valence-corrected chi connectivity index (χ2v) is 7.24. The van der Waals surface area contributed by atoms with E-state index in [1.165, 1.54) is 12.1 Å². The van der Waals surface area contributed by atoms with Gasteiger partial charge in [0, 0.05) is 11.3 Å². The Kier molecular flexibility index (Phi) is 5.14. The number of amides is 1. The maximum absolute atomic E-state index is 13.4. The van der Waals surface area contributed by atoms with Gasteiger partial charge in [-0.3, -0.25) is 4.79 Å². The summed E-state index contributed by atoms with van der Waals surface area (Å²) >= 11 is 0. The van der Waals surface area contributed by atoms with Crippen molar-refractivity contribution >= 4 is 11.6 Å². The molecule has 0 fully saturated rings. The second-order valence-electron chi connectivity index (χ2n) is 7.24. The lowest BCUT2D eigenvalue weighted by Crippen LogP contribution is -2.15. The van der Waals surface area contributed by atoms with Crippen LogP contribution in [0.4, 0.5) is 10.1 Å². The first kappa shape index (κ1) is 19.5. The summed E-state index contributed by atoms with van der Waals surface area (Å²) in [6.45, 7) is 5.88. The molecule has 0 aliphatic rings. The number of benzene rings is 3. The Balaban J connectivity index is 1.81. The molecular formula is C24H21FN4O. The summed E-state index contributed by atoms with van der Waals surface area (Å²) in [5, 5.41) is 7.37. The van der Waals surface area contributed by atoms with Gasteiger partial charge in [0.1, 0.15) is 5.82 Å². The number of rotatable bonds is 4. The van der Waals surface area contributed by atoms with E-state index in [2.05, 4.69) is 15.4 Å². The molecule has 0 aliphatic heterocycles. The van der Waals surface area contributed by atoms with Gasteiger partial charge >= 0.3 is 0 Å². The summed E-state index contributed by atoms with van der Waals surface area (Å²) in [6.07, 6.45) is 0. The van der Waals surface area contributed by atoms with E-state index >= 15 is 0 Å². The Morgan fingerprint density at radius 2 is 1.67 bits per heavy atom. The summed E-state index contributed by atoms with van der Waals surface area (Å²) in [7, 11) is 0. The first-order valence-electron chi connectivity index (χ1n) is 9.60. The van der Waals surface area contributed by atoms with Crippen molar-refractivity contribution in [1.82, 2.24) is 14.8 Å². The number of para-hydroxylation sites is 1. The molecule has 6 heteroatoms. The normalized spacial score (nSPS) is 10.8. The highest BCUT2D eigenvalue weighted by atomic mass is 19.1. The SMILES string of the molecule is Cc1ccc(C)c(-n2nc(C(=O)Nc3ccccc3C)nc2-c2ccc(F)cc2)c1. The molecule has 1 heterocycles. The van der Waals surface area contributed by atoms with E-state index in [0.29, 0.717) is 17.1 Å². The van der Waals surface area contributed by atoms with Gasteiger partial charge in [-0.1, -0.05) is 30.3 Å². The molecule has 1 amide bonds. The lowest BCUT2D eigenvalue weighted by Gasteiger charge is -2.10. The molecule has 4 aromatic rings. The van der Waals surface area contributed by atoms with Gasteiger partial charge in [-0.25, -0.2) is 14.1 Å². The molecule has 3 aromatic carbocycles. The van der Waals surface area contributed by atoms with Gasteiger partial charge in [0.15, 0.2) is 5.82 Å². The standard InChI is InChI=1S/C24H21FN4O/c1-15-8-9-17(3)21(14-15)29-23(18-10-12-19(25)13-11-18)27-22(28-29)24(30)26-20-7-5-4-6-16(20)2/h4-14H,1-3H3,(H,26,30). The van der Waals surface area contributed by atoms with Crippen LogP contribution < -0.4 is 5.32 Å². The van der Waals surface area contributed by atoms with Crippen LogP contribution in [-0.2, 0) is 0 Å². The first-order chi connectivity index (χ1) is 14.4. The molecule has 1 N–H and O–H groups in total. The van der Waals surface area contributed by atoms with Crippen LogP contribution in [0.25, 0.3) is 17.1 Å². The number of halogens is 1. The molecule has 0 saturated carbocycles. The van der Waals surface area contributed by atoms with Gasteiger partial charge in [0.25, 0.3) is 5.91 Å². The number of carbonyl (C=O) groups excluding carboxylic acids is 1. The highest BCUT2D eigenvalue weighted by molar-refractivity contribution is 6.02. The van der Waals surface area contributed by atoms with Crippen LogP contribution in [0.15, 0.2) is 66.7 Å². The van der Waals surface area contributed by atoms with E-state index in [-0.39, 0.29) is 11.6 Å². The number of hydrogen-bond donors (Lipinski definition) is 1. The van der Waals surface area contributed by atoms with Crippen LogP contribution >= 0.6 is 0 Å². The molecule has 0 aliphatic carbocycles. The van der Waals surface area contributed by atoms with Crippen LogP contribution in [0.3, 0.4) is 0 Å². The first-order valence-corrected chi connectivity index (χ1v) is 9.60. The Morgan fingerprint density at radius 1 is 0.933 bits per heavy atom. The Bertz CT molecular complexity index is 1230. The van der Waals surface area contributed by atoms with Crippen molar-refractivity contribution in [2.75, 3.05) is 5.32 Å². The van der Waals surface area contributed by atoms with Crippen molar-refractivity contribution in [2.24, 2.45) is 0 Å². The zero-order valence-corrected chi connectivity index (χ0v) is 17.0. The van der Waals surface area contributed by atoms with E-state index in [1.807, 2.05) is 63.2 Å². The topological polar surface area (TPSA) is 59.8 Å². The zero-order valence-electron chi connectivity index (χ0n) is 17.0. The smallest absolute Gasteiger partial charge is 0.295 e. The number of nitrogens with zero attached hydrogens (tertiary/aromatic N) is 3. The van der Waals surface area contributed by atoms with Gasteiger partial charge < -0.3 is 5.32 Å². The zero-order chi connectivity index (χ0) is 21.3. The van der Waals surface area contributed by atoms with Gasteiger partial charge in [-0.05, 0) is 73.9 Å². The van der Waals surface area contributed by atoms with Crippen molar-refractivity contribution in [3.63, 3.8) is 0 Å². The molecule has 150 valence electrons. The van der Waals surface area contributed by atoms with Gasteiger partial charge in [-0.15, -0.1) is 5.10 Å². The van der Waals surface area contributed by atoms with E-state index in [4.69, 9.17) is 0 Å². The monoisotopic (exact) mass is 400 g/mol. The maximum Gasteiger partial charge on any atom is 0.295 e. The van der Waals surface area contributed by atoms with Crippen LogP contribution in [-0.4, -0.2) is 20.7 Å². The van der Waals surface area contributed by atoms with E-state index in [9.17, 15) is 9.18 Å². The van der Waals surface area contributed by atoms with E-state index < -0.39 is 5.91 Å². The fraction of sp³-hybridized carbons (Fsp3) is 0.125. The highest BCUT2D eigenvalue weighted by Crippen LogP contribution is 2.25. The number of anilines is 1. The number of carbonyl (C=O) groups is 1. The van der Waals surface area contributed by atoms with Crippen LogP contribution in [0.5, 0.6) is 0 Å². The summed E-state index contributed by atoms with van der Waals surface area (Å²) in [5.41, 5.74) is 5.17. The minimum atomic E-state index is -0.406. The molecule has 0 atom stereocenters. The number of aryl methyl sites for hydroxylation is 3. The van der Waals surface area contributed by atoms with E-state index in [1.54, 1.807) is 16.8 Å².